The largest absolute Gasteiger partial charge is 0.472 e. The van der Waals surface area contributed by atoms with Crippen molar-refractivity contribution in [3.05, 3.63) is 72.9 Å². The van der Waals surface area contributed by atoms with E-state index in [9.17, 15) is 43.2 Å². The van der Waals surface area contributed by atoms with Gasteiger partial charge in [0.05, 0.1) is 26.4 Å². The van der Waals surface area contributed by atoms with Crippen LogP contribution in [-0.4, -0.2) is 96.7 Å². The van der Waals surface area contributed by atoms with Crippen molar-refractivity contribution < 1.29 is 80.2 Å². The summed E-state index contributed by atoms with van der Waals surface area (Å²) in [5.41, 5.74) is 0. The van der Waals surface area contributed by atoms with Crippen molar-refractivity contribution in [1.82, 2.24) is 0 Å². The summed E-state index contributed by atoms with van der Waals surface area (Å²) in [6, 6.07) is 0. The molecule has 0 aliphatic carbocycles. The maximum absolute atomic E-state index is 13.1. The lowest BCUT2D eigenvalue weighted by Gasteiger charge is -2.21. The molecule has 0 fully saturated rings. The molecular formula is C83H150O17P2. The fourth-order valence-corrected chi connectivity index (χ4v) is 13.0. The number of unbranched alkanes of at least 4 members (excludes halogenated alkanes) is 40. The van der Waals surface area contributed by atoms with Crippen LogP contribution in [0.2, 0.25) is 0 Å². The lowest BCUT2D eigenvalue weighted by Crippen LogP contribution is -2.30. The number of allylic oxidation sites excluding steroid dienone is 12. The summed E-state index contributed by atoms with van der Waals surface area (Å²) in [5.74, 6) is -2.16. The predicted molar refractivity (Wildman–Crippen MR) is 418 cm³/mol. The van der Waals surface area contributed by atoms with Crippen LogP contribution in [-0.2, 0) is 65.4 Å². The maximum Gasteiger partial charge on any atom is 0.472 e. The fraction of sp³-hybridized carbons (Fsp3) is 0.807. The van der Waals surface area contributed by atoms with Gasteiger partial charge in [-0.15, -0.1) is 0 Å². The van der Waals surface area contributed by atoms with Crippen molar-refractivity contribution in [3.8, 4) is 0 Å². The van der Waals surface area contributed by atoms with Crippen molar-refractivity contribution in [2.24, 2.45) is 0 Å². The van der Waals surface area contributed by atoms with Crippen LogP contribution < -0.4 is 0 Å². The van der Waals surface area contributed by atoms with Crippen LogP contribution in [0.25, 0.3) is 0 Å². The lowest BCUT2D eigenvalue weighted by atomic mass is 10.0. The third-order valence-electron chi connectivity index (χ3n) is 17.7. The van der Waals surface area contributed by atoms with Crippen LogP contribution in [0.15, 0.2) is 72.9 Å². The second kappa shape index (κ2) is 75.7. The minimum Gasteiger partial charge on any atom is -0.462 e. The number of esters is 4. The summed E-state index contributed by atoms with van der Waals surface area (Å²) in [6.45, 7) is 4.79. The zero-order chi connectivity index (χ0) is 74.6. The SMILES string of the molecule is CC/C=C\C/C=C\C/C=C\CCCCCCCCCC(=O)OC(COC(=O)CCCCCCCC/C=C\C/C=C\C/C=C\CCCCC)COP(=O)(O)OCC(O)COP(=O)(O)OCC(COC(=O)CCCCCCCCCCCCCCC)OC(=O)CCCCCCCCCCCCCCC. The summed E-state index contributed by atoms with van der Waals surface area (Å²) in [4.78, 5) is 73.1. The topological polar surface area (TPSA) is 237 Å². The van der Waals surface area contributed by atoms with E-state index >= 15 is 0 Å². The average Bonchev–Trinajstić information content (AvgIpc) is 0.908. The first-order valence-corrected chi connectivity index (χ1v) is 44.2. The number of aliphatic hydroxyl groups is 1. The molecule has 0 aliphatic heterocycles. The molecule has 594 valence electrons. The van der Waals surface area contributed by atoms with Crippen LogP contribution in [0, 0.1) is 0 Å². The van der Waals surface area contributed by atoms with Crippen molar-refractivity contribution in [1.29, 1.82) is 0 Å². The molecule has 5 unspecified atom stereocenters. The molecule has 0 rings (SSSR count). The highest BCUT2D eigenvalue weighted by molar-refractivity contribution is 7.47. The Balaban J connectivity index is 5.33. The highest BCUT2D eigenvalue weighted by Gasteiger charge is 2.30. The van der Waals surface area contributed by atoms with E-state index in [4.69, 9.17) is 37.0 Å². The molecule has 5 atom stereocenters. The first-order chi connectivity index (χ1) is 49.7. The maximum atomic E-state index is 13.1. The Bertz CT molecular complexity index is 2210. The van der Waals surface area contributed by atoms with Gasteiger partial charge in [-0.2, -0.15) is 0 Å². The van der Waals surface area contributed by atoms with Crippen LogP contribution >= 0.6 is 15.6 Å². The van der Waals surface area contributed by atoms with E-state index in [-0.39, 0.29) is 25.7 Å². The third-order valence-corrected chi connectivity index (χ3v) is 19.6. The van der Waals surface area contributed by atoms with E-state index in [2.05, 4.69) is 101 Å². The van der Waals surface area contributed by atoms with Crippen LogP contribution in [0.5, 0.6) is 0 Å². The molecule has 0 heterocycles. The van der Waals surface area contributed by atoms with E-state index in [0.717, 1.165) is 167 Å². The number of hydrogen-bond donors (Lipinski definition) is 3. The number of rotatable bonds is 78. The Labute approximate surface area is 622 Å². The monoisotopic (exact) mass is 1480 g/mol. The second-order valence-corrected chi connectivity index (χ2v) is 30.6. The molecule has 3 N–H and O–H groups in total. The number of carbonyl (C=O) groups excluding carboxylic acids is 4. The number of hydrogen-bond acceptors (Lipinski definition) is 15. The third kappa shape index (κ3) is 74.8. The van der Waals surface area contributed by atoms with Gasteiger partial charge in [-0.1, -0.05) is 325 Å². The molecule has 0 aromatic rings. The fourth-order valence-electron chi connectivity index (χ4n) is 11.4. The van der Waals surface area contributed by atoms with Gasteiger partial charge in [0.1, 0.15) is 19.3 Å². The van der Waals surface area contributed by atoms with E-state index in [1.165, 1.54) is 128 Å². The van der Waals surface area contributed by atoms with Crippen molar-refractivity contribution >= 4 is 39.5 Å². The molecule has 0 aliphatic rings. The zero-order valence-corrected chi connectivity index (χ0v) is 66.8. The first-order valence-electron chi connectivity index (χ1n) is 41.2. The van der Waals surface area contributed by atoms with Gasteiger partial charge in [-0.05, 0) is 96.3 Å². The summed E-state index contributed by atoms with van der Waals surface area (Å²) in [5, 5.41) is 10.6. The summed E-state index contributed by atoms with van der Waals surface area (Å²) >= 11 is 0. The molecule has 0 saturated carbocycles. The first kappa shape index (κ1) is 98.5. The van der Waals surface area contributed by atoms with E-state index in [0.29, 0.717) is 25.7 Å². The molecule has 17 nitrogen and oxygen atoms in total. The lowest BCUT2D eigenvalue weighted by molar-refractivity contribution is -0.161. The summed E-state index contributed by atoms with van der Waals surface area (Å²) in [7, 11) is -9.95. The van der Waals surface area contributed by atoms with E-state index < -0.39 is 97.5 Å². The van der Waals surface area contributed by atoms with Gasteiger partial charge in [0, 0.05) is 25.7 Å². The van der Waals surface area contributed by atoms with Gasteiger partial charge in [-0.3, -0.25) is 37.3 Å². The van der Waals surface area contributed by atoms with Gasteiger partial charge < -0.3 is 33.8 Å². The smallest absolute Gasteiger partial charge is 0.462 e. The number of aliphatic hydroxyl groups excluding tert-OH is 1. The summed E-state index contributed by atoms with van der Waals surface area (Å²) < 4.78 is 68.7. The molecule has 0 amide bonds. The van der Waals surface area contributed by atoms with Crippen LogP contribution in [0.1, 0.15) is 374 Å². The molecule has 0 spiro atoms. The molecule has 0 aromatic carbocycles. The quantitative estimate of drug-likeness (QED) is 0.0169. The summed E-state index contributed by atoms with van der Waals surface area (Å²) in [6.07, 6.45) is 77.2. The Morgan fingerprint density at radius 1 is 0.284 bits per heavy atom. The van der Waals surface area contributed by atoms with Crippen LogP contribution in [0.4, 0.5) is 0 Å². The zero-order valence-electron chi connectivity index (χ0n) is 65.0. The Kier molecular flexibility index (Phi) is 73.1. The Morgan fingerprint density at radius 3 is 0.804 bits per heavy atom. The molecule has 102 heavy (non-hydrogen) atoms. The predicted octanol–water partition coefficient (Wildman–Crippen LogP) is 24.0. The van der Waals surface area contributed by atoms with Crippen molar-refractivity contribution in [2.45, 2.75) is 393 Å². The number of phosphoric ester groups is 2. The molecule has 0 aromatic heterocycles. The highest BCUT2D eigenvalue weighted by atomic mass is 31.2. The Morgan fingerprint density at radius 2 is 0.510 bits per heavy atom. The van der Waals surface area contributed by atoms with Gasteiger partial charge in [0.25, 0.3) is 0 Å². The van der Waals surface area contributed by atoms with Gasteiger partial charge in [0.2, 0.25) is 0 Å². The second-order valence-electron chi connectivity index (χ2n) is 27.7. The van der Waals surface area contributed by atoms with Gasteiger partial charge >= 0.3 is 39.5 Å². The van der Waals surface area contributed by atoms with E-state index in [1.807, 2.05) is 0 Å². The highest BCUT2D eigenvalue weighted by Crippen LogP contribution is 2.45. The van der Waals surface area contributed by atoms with Crippen LogP contribution in [0.3, 0.4) is 0 Å². The molecule has 0 radical (unpaired) electrons. The Hall–Kier alpha value is -3.50. The molecule has 19 heteroatoms. The standard InChI is InChI=1S/C83H150O17P2/c1-5-9-13-17-21-25-29-33-35-37-38-40-41-45-48-52-56-60-64-68-81(86)94-74-79(100-83(88)70-66-62-58-54-50-46-42-39-36-34-30-26-22-18-14-10-6-2)76-98-102(91,92)96-72-77(84)71-95-101(89,90)97-75-78(99-82(87)69-65-61-57-53-49-44-32-28-24-20-16-12-8-4)73-93-80(85)67-63-59-55-51-47-43-31-27-23-19-15-11-7-3/h10,14,21-22,25-26,33-36,38,40,77-79,84H,5-9,11-13,15-20,23-24,27-32,37,39,41-76H2,1-4H3,(H,89,90)(H,91,92)/b14-10-,25-21-,26-22-,35-33-,36-34-,40-38-. The average molecular weight is 1480 g/mol. The van der Waals surface area contributed by atoms with Crippen molar-refractivity contribution in [2.75, 3.05) is 39.6 Å². The van der Waals surface area contributed by atoms with Gasteiger partial charge in [0.15, 0.2) is 12.2 Å². The minimum absolute atomic E-state index is 0.0832. The molecular weight excluding hydrogens is 1330 g/mol. The van der Waals surface area contributed by atoms with Crippen molar-refractivity contribution in [3.63, 3.8) is 0 Å². The number of carbonyl (C=O) groups is 4. The molecule has 0 bridgehead atoms. The number of phosphoric acid groups is 2. The minimum atomic E-state index is -4.98. The molecule has 0 saturated heterocycles. The normalized spacial score (nSPS) is 14.2. The van der Waals surface area contributed by atoms with Gasteiger partial charge in [-0.25, -0.2) is 9.13 Å². The number of ether oxygens (including phenoxy) is 4. The van der Waals surface area contributed by atoms with E-state index in [1.54, 1.807) is 0 Å².